The van der Waals surface area contributed by atoms with Crippen molar-refractivity contribution in [2.75, 3.05) is 39.3 Å². The molecule has 2 aromatic rings. The summed E-state index contributed by atoms with van der Waals surface area (Å²) in [4.78, 5) is 44.0. The number of rotatable bonds is 13. The van der Waals surface area contributed by atoms with Crippen molar-refractivity contribution in [2.45, 2.75) is 82.1 Å². The lowest BCUT2D eigenvalue weighted by atomic mass is 9.81. The predicted octanol–water partition coefficient (Wildman–Crippen LogP) is 4.06. The van der Waals surface area contributed by atoms with Crippen molar-refractivity contribution in [3.63, 3.8) is 0 Å². The highest BCUT2D eigenvalue weighted by molar-refractivity contribution is 6.00. The molecular formula is C34H46N4O5. The van der Waals surface area contributed by atoms with Crippen LogP contribution in [0.1, 0.15) is 62.5 Å². The number of benzene rings is 2. The number of piperidine rings is 1. The normalized spacial score (nSPS) is 22.0. The van der Waals surface area contributed by atoms with Crippen molar-refractivity contribution in [2.24, 2.45) is 0 Å². The fourth-order valence-corrected chi connectivity index (χ4v) is 6.56. The first-order valence-corrected chi connectivity index (χ1v) is 16.0. The SMILES string of the molecule is O=C(NCCCCC1NC(=O)C2(CCN(CCCc3ccccc3)CC2)N(CC2CCCO2)C1=O)OCc1ccccc1. The van der Waals surface area contributed by atoms with Gasteiger partial charge in [0.1, 0.15) is 18.2 Å². The summed E-state index contributed by atoms with van der Waals surface area (Å²) in [6, 6.07) is 19.5. The molecule has 0 bridgehead atoms. The van der Waals surface area contributed by atoms with E-state index in [9.17, 15) is 14.4 Å². The topological polar surface area (TPSA) is 100 Å². The highest BCUT2D eigenvalue weighted by Gasteiger charge is 2.53. The van der Waals surface area contributed by atoms with E-state index in [0.29, 0.717) is 51.8 Å². The fraction of sp³-hybridized carbons (Fsp3) is 0.559. The molecular weight excluding hydrogens is 544 g/mol. The number of amides is 3. The van der Waals surface area contributed by atoms with Gasteiger partial charge in [-0.15, -0.1) is 0 Å². The molecule has 3 fully saturated rings. The Hall–Kier alpha value is -3.43. The Kier molecular flexibility index (Phi) is 11.1. The summed E-state index contributed by atoms with van der Waals surface area (Å²) in [6.45, 7) is 4.46. The van der Waals surface area contributed by atoms with Crippen LogP contribution in [0.5, 0.6) is 0 Å². The summed E-state index contributed by atoms with van der Waals surface area (Å²) in [6.07, 6.45) is 6.77. The molecule has 3 saturated heterocycles. The molecule has 0 aromatic heterocycles. The molecule has 9 heteroatoms. The second kappa shape index (κ2) is 15.3. The lowest BCUT2D eigenvalue weighted by molar-refractivity contribution is -0.163. The summed E-state index contributed by atoms with van der Waals surface area (Å²) in [5.41, 5.74) is 1.48. The number of ether oxygens (including phenoxy) is 2. The molecule has 0 aliphatic carbocycles. The van der Waals surface area contributed by atoms with Crippen LogP contribution in [0.4, 0.5) is 4.79 Å². The Bertz CT molecular complexity index is 1180. The Morgan fingerprint density at radius 1 is 0.977 bits per heavy atom. The fourth-order valence-electron chi connectivity index (χ4n) is 6.56. The molecule has 1 spiro atoms. The Labute approximate surface area is 255 Å². The molecule has 2 atom stereocenters. The molecule has 2 aromatic carbocycles. The third-order valence-electron chi connectivity index (χ3n) is 9.09. The minimum absolute atomic E-state index is 0.00265. The van der Waals surface area contributed by atoms with E-state index in [1.165, 1.54) is 5.56 Å². The van der Waals surface area contributed by atoms with Crippen molar-refractivity contribution in [3.05, 3.63) is 71.8 Å². The van der Waals surface area contributed by atoms with Gasteiger partial charge in [0.2, 0.25) is 11.8 Å². The average molecular weight is 591 g/mol. The van der Waals surface area contributed by atoms with Crippen LogP contribution in [0.15, 0.2) is 60.7 Å². The molecule has 9 nitrogen and oxygen atoms in total. The Balaban J connectivity index is 1.09. The van der Waals surface area contributed by atoms with E-state index in [-0.39, 0.29) is 24.5 Å². The van der Waals surface area contributed by atoms with Crippen molar-refractivity contribution in [1.82, 2.24) is 20.4 Å². The zero-order valence-electron chi connectivity index (χ0n) is 25.2. The number of nitrogens with zero attached hydrogens (tertiary/aromatic N) is 2. The number of aryl methyl sites for hydroxylation is 1. The monoisotopic (exact) mass is 590 g/mol. The number of nitrogens with one attached hydrogen (secondary N) is 2. The summed E-state index contributed by atoms with van der Waals surface area (Å²) in [7, 11) is 0. The summed E-state index contributed by atoms with van der Waals surface area (Å²) >= 11 is 0. The maximum absolute atomic E-state index is 13.9. The molecule has 2 unspecified atom stereocenters. The lowest BCUT2D eigenvalue weighted by Gasteiger charge is -2.52. The van der Waals surface area contributed by atoms with E-state index in [4.69, 9.17) is 9.47 Å². The first kappa shape index (κ1) is 31.0. The quantitative estimate of drug-likeness (QED) is 0.342. The average Bonchev–Trinajstić information content (AvgIpc) is 3.56. The van der Waals surface area contributed by atoms with Crippen molar-refractivity contribution >= 4 is 17.9 Å². The Morgan fingerprint density at radius 2 is 1.70 bits per heavy atom. The molecule has 3 aliphatic rings. The first-order chi connectivity index (χ1) is 21.0. The molecule has 5 rings (SSSR count). The summed E-state index contributed by atoms with van der Waals surface area (Å²) in [5, 5.41) is 5.87. The van der Waals surface area contributed by atoms with E-state index < -0.39 is 17.7 Å². The van der Waals surface area contributed by atoms with Crippen molar-refractivity contribution in [3.8, 4) is 0 Å². The number of likely N-dealkylation sites (tertiary alicyclic amines) is 1. The van der Waals surface area contributed by atoms with Gasteiger partial charge in [-0.25, -0.2) is 4.79 Å². The largest absolute Gasteiger partial charge is 0.445 e. The van der Waals surface area contributed by atoms with Gasteiger partial charge in [-0.1, -0.05) is 60.7 Å². The van der Waals surface area contributed by atoms with Crippen LogP contribution in [-0.4, -0.2) is 84.7 Å². The second-order valence-corrected chi connectivity index (χ2v) is 12.1. The minimum Gasteiger partial charge on any atom is -0.445 e. The maximum atomic E-state index is 13.9. The van der Waals surface area contributed by atoms with Crippen LogP contribution in [0.2, 0.25) is 0 Å². The zero-order chi connectivity index (χ0) is 29.9. The van der Waals surface area contributed by atoms with Gasteiger partial charge < -0.3 is 29.9 Å². The van der Waals surface area contributed by atoms with Gasteiger partial charge in [0.25, 0.3) is 0 Å². The summed E-state index contributed by atoms with van der Waals surface area (Å²) in [5.74, 6) is -0.0236. The van der Waals surface area contributed by atoms with Gasteiger partial charge in [0, 0.05) is 32.8 Å². The molecule has 0 saturated carbocycles. The number of alkyl carbamates (subject to hydrolysis) is 1. The smallest absolute Gasteiger partial charge is 0.407 e. The van der Waals surface area contributed by atoms with Gasteiger partial charge >= 0.3 is 6.09 Å². The van der Waals surface area contributed by atoms with Gasteiger partial charge in [0.05, 0.1) is 6.10 Å². The molecule has 3 amide bonds. The van der Waals surface area contributed by atoms with Crippen LogP contribution >= 0.6 is 0 Å². The number of carbonyl (C=O) groups is 3. The van der Waals surface area contributed by atoms with E-state index >= 15 is 0 Å². The minimum atomic E-state index is -0.806. The van der Waals surface area contributed by atoms with E-state index in [2.05, 4.69) is 39.8 Å². The number of hydrogen-bond donors (Lipinski definition) is 2. The van der Waals surface area contributed by atoms with Crippen LogP contribution in [0.3, 0.4) is 0 Å². The number of hydrogen-bond acceptors (Lipinski definition) is 6. The highest BCUT2D eigenvalue weighted by Crippen LogP contribution is 2.35. The number of carbonyl (C=O) groups excluding carboxylic acids is 3. The maximum Gasteiger partial charge on any atom is 0.407 e. The van der Waals surface area contributed by atoms with Crippen molar-refractivity contribution < 1.29 is 23.9 Å². The van der Waals surface area contributed by atoms with Crippen LogP contribution in [0.25, 0.3) is 0 Å². The van der Waals surface area contributed by atoms with E-state index in [1.807, 2.05) is 41.3 Å². The van der Waals surface area contributed by atoms with Gasteiger partial charge in [-0.2, -0.15) is 0 Å². The standard InChI is InChI=1S/C34H46N4O5/c39-31-30(17-7-8-20-35-33(41)43-26-28-13-5-2-6-14-28)36-32(40)34(38(31)25-29-16-10-24-42-29)18-22-37(23-19-34)21-9-15-27-11-3-1-4-12-27/h1-6,11-14,29-30H,7-10,15-26H2,(H,35,41)(H,36,40). The third kappa shape index (κ3) is 8.36. The van der Waals surface area contributed by atoms with Gasteiger partial charge in [0.15, 0.2) is 0 Å². The molecule has 0 radical (unpaired) electrons. The molecule has 232 valence electrons. The van der Waals surface area contributed by atoms with E-state index in [1.54, 1.807) is 0 Å². The van der Waals surface area contributed by atoms with Crippen LogP contribution < -0.4 is 10.6 Å². The van der Waals surface area contributed by atoms with Crippen LogP contribution in [0, 0.1) is 0 Å². The van der Waals surface area contributed by atoms with Crippen LogP contribution in [-0.2, 0) is 32.1 Å². The summed E-state index contributed by atoms with van der Waals surface area (Å²) < 4.78 is 11.2. The Morgan fingerprint density at radius 3 is 2.40 bits per heavy atom. The molecule has 3 aliphatic heterocycles. The number of piperazine rings is 1. The second-order valence-electron chi connectivity index (χ2n) is 12.1. The predicted molar refractivity (Wildman–Crippen MR) is 164 cm³/mol. The molecule has 43 heavy (non-hydrogen) atoms. The number of unbranched alkanes of at least 4 members (excludes halogenated alkanes) is 1. The lowest BCUT2D eigenvalue weighted by Crippen LogP contribution is -2.73. The highest BCUT2D eigenvalue weighted by atomic mass is 16.5. The van der Waals surface area contributed by atoms with Gasteiger partial charge in [-0.05, 0) is 75.5 Å². The third-order valence-corrected chi connectivity index (χ3v) is 9.09. The van der Waals surface area contributed by atoms with Crippen molar-refractivity contribution in [1.29, 1.82) is 0 Å². The zero-order valence-corrected chi connectivity index (χ0v) is 25.2. The van der Waals surface area contributed by atoms with E-state index in [0.717, 1.165) is 50.9 Å². The molecule has 3 heterocycles. The first-order valence-electron chi connectivity index (χ1n) is 16.0. The molecule has 2 N–H and O–H groups in total. The van der Waals surface area contributed by atoms with Gasteiger partial charge in [-0.3, -0.25) is 9.59 Å².